The minimum Gasteiger partial charge on any atom is -0.326 e. The molecular weight excluding hydrogens is 352 g/mol. The number of non-ortho nitro benzene ring substituents is 1. The number of nitrogens with zero attached hydrogens (tertiary/aromatic N) is 1. The molecule has 0 fully saturated rings. The van der Waals surface area contributed by atoms with Gasteiger partial charge in [0.25, 0.3) is 17.5 Å². The Bertz CT molecular complexity index is 860. The highest BCUT2D eigenvalue weighted by molar-refractivity contribution is 5.99. The van der Waals surface area contributed by atoms with E-state index in [1.165, 1.54) is 36.4 Å². The van der Waals surface area contributed by atoms with E-state index in [-0.39, 0.29) is 28.6 Å². The van der Waals surface area contributed by atoms with E-state index >= 15 is 0 Å². The molecule has 27 heavy (non-hydrogen) atoms. The second kappa shape index (κ2) is 8.56. The molecule has 9 nitrogen and oxygen atoms in total. The summed E-state index contributed by atoms with van der Waals surface area (Å²) in [5.41, 5.74) is 5.34. The predicted octanol–water partition coefficient (Wildman–Crippen LogP) is 2.26. The normalized spacial score (nSPS) is 10.2. The first-order valence-electron chi connectivity index (χ1n) is 8.04. The minimum absolute atomic E-state index is 0.137. The van der Waals surface area contributed by atoms with E-state index in [9.17, 15) is 24.5 Å². The van der Waals surface area contributed by atoms with Crippen LogP contribution in [0, 0.1) is 16.0 Å². The van der Waals surface area contributed by atoms with Gasteiger partial charge in [-0.3, -0.25) is 35.3 Å². The molecule has 0 unspecified atom stereocenters. The lowest BCUT2D eigenvalue weighted by atomic mass is 10.1. The van der Waals surface area contributed by atoms with Crippen molar-refractivity contribution in [2.24, 2.45) is 5.92 Å². The van der Waals surface area contributed by atoms with Gasteiger partial charge >= 0.3 is 0 Å². The zero-order valence-electron chi connectivity index (χ0n) is 14.7. The van der Waals surface area contributed by atoms with Crippen molar-refractivity contribution in [2.75, 3.05) is 5.32 Å². The summed E-state index contributed by atoms with van der Waals surface area (Å²) in [6.07, 6.45) is 0. The van der Waals surface area contributed by atoms with Crippen LogP contribution in [0.1, 0.15) is 34.6 Å². The molecule has 140 valence electrons. The lowest BCUT2D eigenvalue weighted by Gasteiger charge is -2.09. The number of nitrogens with one attached hydrogen (secondary N) is 3. The Hall–Kier alpha value is -3.75. The molecule has 0 aliphatic carbocycles. The number of amides is 3. The number of benzene rings is 2. The molecule has 2 rings (SSSR count). The molecule has 2 aromatic rings. The molecule has 3 N–H and O–H groups in total. The molecular formula is C18H18N4O5. The number of hydrogen-bond acceptors (Lipinski definition) is 5. The van der Waals surface area contributed by atoms with Gasteiger partial charge in [-0.2, -0.15) is 0 Å². The van der Waals surface area contributed by atoms with E-state index in [1.54, 1.807) is 26.0 Å². The number of anilines is 1. The minimum atomic E-state index is -0.612. The van der Waals surface area contributed by atoms with Gasteiger partial charge in [-0.15, -0.1) is 0 Å². The van der Waals surface area contributed by atoms with E-state index in [4.69, 9.17) is 0 Å². The van der Waals surface area contributed by atoms with Crippen LogP contribution in [-0.2, 0) is 4.79 Å². The number of carbonyl (C=O) groups excluding carboxylic acids is 3. The highest BCUT2D eigenvalue weighted by Gasteiger charge is 2.12. The van der Waals surface area contributed by atoms with Crippen LogP contribution < -0.4 is 16.2 Å². The average molecular weight is 370 g/mol. The van der Waals surface area contributed by atoms with Crippen LogP contribution in [0.2, 0.25) is 0 Å². The van der Waals surface area contributed by atoms with E-state index in [2.05, 4.69) is 16.2 Å². The zero-order chi connectivity index (χ0) is 20.0. The number of hydrogen-bond donors (Lipinski definition) is 3. The standard InChI is InChI=1S/C18H18N4O5/c1-11(2)16(23)19-14-7-3-12(4-8-14)17(24)20-21-18(25)13-5-9-15(10-6-13)22(26)27/h3-11H,1-2H3,(H,19,23)(H,20,24)(H,21,25). The van der Waals surface area contributed by atoms with Gasteiger partial charge in [-0.25, -0.2) is 0 Å². The first-order chi connectivity index (χ1) is 12.8. The summed E-state index contributed by atoms with van der Waals surface area (Å²) in [7, 11) is 0. The van der Waals surface area contributed by atoms with Crippen molar-refractivity contribution in [3.05, 3.63) is 69.8 Å². The van der Waals surface area contributed by atoms with E-state index in [0.717, 1.165) is 0 Å². The molecule has 0 aromatic heterocycles. The largest absolute Gasteiger partial charge is 0.326 e. The molecule has 0 aliphatic rings. The maximum absolute atomic E-state index is 12.1. The van der Waals surface area contributed by atoms with Crippen molar-refractivity contribution < 1.29 is 19.3 Å². The highest BCUT2D eigenvalue weighted by atomic mass is 16.6. The molecule has 2 aromatic carbocycles. The molecule has 3 amide bonds. The number of nitro groups is 1. The first-order valence-corrected chi connectivity index (χ1v) is 8.04. The lowest BCUT2D eigenvalue weighted by Crippen LogP contribution is -2.41. The molecule has 0 saturated carbocycles. The summed E-state index contributed by atoms with van der Waals surface area (Å²) in [4.78, 5) is 45.7. The molecule has 0 spiro atoms. The Morgan fingerprint density at radius 2 is 1.30 bits per heavy atom. The number of rotatable bonds is 5. The van der Waals surface area contributed by atoms with E-state index < -0.39 is 16.7 Å². The third-order valence-electron chi connectivity index (χ3n) is 3.57. The summed E-state index contributed by atoms with van der Waals surface area (Å²) < 4.78 is 0. The van der Waals surface area contributed by atoms with E-state index in [0.29, 0.717) is 5.69 Å². The summed E-state index contributed by atoms with van der Waals surface area (Å²) in [6, 6.07) is 11.1. The number of carbonyl (C=O) groups is 3. The highest BCUT2D eigenvalue weighted by Crippen LogP contribution is 2.12. The Balaban J connectivity index is 1.92. The fourth-order valence-corrected chi connectivity index (χ4v) is 1.98. The van der Waals surface area contributed by atoms with Crippen LogP contribution in [0.3, 0.4) is 0 Å². The topological polar surface area (TPSA) is 130 Å². The van der Waals surface area contributed by atoms with Crippen molar-refractivity contribution in [1.29, 1.82) is 0 Å². The quantitative estimate of drug-likeness (QED) is 0.549. The van der Waals surface area contributed by atoms with E-state index in [1.807, 2.05) is 0 Å². The van der Waals surface area contributed by atoms with Crippen LogP contribution in [0.4, 0.5) is 11.4 Å². The number of nitro benzene ring substituents is 1. The van der Waals surface area contributed by atoms with Crippen molar-refractivity contribution in [2.45, 2.75) is 13.8 Å². The Labute approximate surface area is 154 Å². The second-order valence-corrected chi connectivity index (χ2v) is 5.93. The Kier molecular flexibility index (Phi) is 6.21. The van der Waals surface area contributed by atoms with Gasteiger partial charge in [0.2, 0.25) is 5.91 Å². The summed E-state index contributed by atoms with van der Waals surface area (Å²) >= 11 is 0. The first kappa shape index (κ1) is 19.6. The van der Waals surface area contributed by atoms with Gasteiger partial charge in [0.15, 0.2) is 0 Å². The van der Waals surface area contributed by atoms with Crippen molar-refractivity contribution >= 4 is 29.1 Å². The van der Waals surface area contributed by atoms with Gasteiger partial charge in [-0.05, 0) is 36.4 Å². The van der Waals surface area contributed by atoms with Crippen LogP contribution in [0.5, 0.6) is 0 Å². The monoisotopic (exact) mass is 370 g/mol. The Morgan fingerprint density at radius 1 is 0.852 bits per heavy atom. The molecule has 0 aliphatic heterocycles. The lowest BCUT2D eigenvalue weighted by molar-refractivity contribution is -0.384. The van der Waals surface area contributed by atoms with Crippen molar-refractivity contribution in [1.82, 2.24) is 10.9 Å². The van der Waals surface area contributed by atoms with Crippen LogP contribution in [0.15, 0.2) is 48.5 Å². The van der Waals surface area contributed by atoms with Gasteiger partial charge in [0, 0.05) is 34.9 Å². The van der Waals surface area contributed by atoms with Gasteiger partial charge in [0.1, 0.15) is 0 Å². The van der Waals surface area contributed by atoms with Crippen LogP contribution in [-0.4, -0.2) is 22.6 Å². The predicted molar refractivity (Wildman–Crippen MR) is 97.9 cm³/mol. The third kappa shape index (κ3) is 5.36. The summed E-state index contributed by atoms with van der Waals surface area (Å²) in [6.45, 7) is 3.54. The molecule has 0 heterocycles. The zero-order valence-corrected chi connectivity index (χ0v) is 14.7. The molecule has 0 atom stereocenters. The van der Waals surface area contributed by atoms with Gasteiger partial charge in [0.05, 0.1) is 4.92 Å². The fraction of sp³-hybridized carbons (Fsp3) is 0.167. The van der Waals surface area contributed by atoms with Crippen LogP contribution >= 0.6 is 0 Å². The SMILES string of the molecule is CC(C)C(=O)Nc1ccc(C(=O)NNC(=O)c2ccc([N+](=O)[O-])cc2)cc1. The van der Waals surface area contributed by atoms with Gasteiger partial charge in [-0.1, -0.05) is 13.8 Å². The Morgan fingerprint density at radius 3 is 1.70 bits per heavy atom. The third-order valence-corrected chi connectivity index (χ3v) is 3.57. The van der Waals surface area contributed by atoms with Gasteiger partial charge < -0.3 is 5.32 Å². The smallest absolute Gasteiger partial charge is 0.269 e. The van der Waals surface area contributed by atoms with Crippen LogP contribution in [0.25, 0.3) is 0 Å². The van der Waals surface area contributed by atoms with Crippen molar-refractivity contribution in [3.8, 4) is 0 Å². The maximum atomic E-state index is 12.1. The number of hydrazine groups is 1. The molecule has 0 radical (unpaired) electrons. The van der Waals surface area contributed by atoms with Crippen molar-refractivity contribution in [3.63, 3.8) is 0 Å². The molecule has 0 saturated heterocycles. The molecule has 0 bridgehead atoms. The fourth-order valence-electron chi connectivity index (χ4n) is 1.98. The second-order valence-electron chi connectivity index (χ2n) is 5.93. The summed E-state index contributed by atoms with van der Waals surface area (Å²) in [5.74, 6) is -1.46. The summed E-state index contributed by atoms with van der Waals surface area (Å²) in [5, 5.41) is 13.3. The molecule has 9 heteroatoms. The average Bonchev–Trinajstić information content (AvgIpc) is 2.66. The maximum Gasteiger partial charge on any atom is 0.269 e.